The number of anilines is 2. The highest BCUT2D eigenvalue weighted by atomic mass is 16.5. The minimum Gasteiger partial charge on any atom is -0.368 e. The second-order valence-electron chi connectivity index (χ2n) is 8.63. The van der Waals surface area contributed by atoms with Gasteiger partial charge in [-0.2, -0.15) is 0 Å². The Morgan fingerprint density at radius 3 is 2.67 bits per heavy atom. The molecule has 1 amide bonds. The maximum Gasteiger partial charge on any atom is 0.252 e. The number of nitrogens with one attached hydrogen (secondary N) is 1. The SMILES string of the molecule is O=C(C1CCCCO1)N1CCCCC1c1nc(Nc2ccccc2)cc(-c2cccnc2)n1. The number of hydrogen-bond donors (Lipinski definition) is 1. The summed E-state index contributed by atoms with van der Waals surface area (Å²) in [6.45, 7) is 1.37. The topological polar surface area (TPSA) is 80.2 Å². The van der Waals surface area contributed by atoms with E-state index < -0.39 is 0 Å². The van der Waals surface area contributed by atoms with E-state index in [9.17, 15) is 4.79 Å². The van der Waals surface area contributed by atoms with Crippen LogP contribution in [-0.4, -0.2) is 45.0 Å². The van der Waals surface area contributed by atoms with Gasteiger partial charge in [0.1, 0.15) is 11.9 Å². The van der Waals surface area contributed by atoms with Crippen molar-refractivity contribution in [3.8, 4) is 11.3 Å². The largest absolute Gasteiger partial charge is 0.368 e. The molecule has 0 radical (unpaired) electrons. The molecule has 5 rings (SSSR count). The second kappa shape index (κ2) is 10.1. The third kappa shape index (κ3) is 5.03. The Bertz CT molecular complexity index is 1070. The zero-order valence-electron chi connectivity index (χ0n) is 18.7. The van der Waals surface area contributed by atoms with E-state index in [0.29, 0.717) is 24.8 Å². The number of carbonyl (C=O) groups excluding carboxylic acids is 1. The molecule has 0 bridgehead atoms. The summed E-state index contributed by atoms with van der Waals surface area (Å²) in [6.07, 6.45) is 8.94. The minimum atomic E-state index is -0.345. The van der Waals surface area contributed by atoms with Crippen LogP contribution in [0.4, 0.5) is 11.5 Å². The Hall–Kier alpha value is -3.32. The summed E-state index contributed by atoms with van der Waals surface area (Å²) in [5.74, 6) is 1.45. The number of hydrogen-bond acceptors (Lipinski definition) is 6. The maximum absolute atomic E-state index is 13.4. The predicted molar refractivity (Wildman–Crippen MR) is 127 cm³/mol. The lowest BCUT2D eigenvalue weighted by molar-refractivity contribution is -0.150. The van der Waals surface area contributed by atoms with E-state index in [1.807, 2.05) is 53.4 Å². The number of nitrogens with zero attached hydrogens (tertiary/aromatic N) is 4. The normalized spacial score (nSPS) is 20.9. The molecule has 2 fully saturated rings. The molecule has 3 aromatic rings. The Morgan fingerprint density at radius 1 is 1.00 bits per heavy atom. The van der Waals surface area contributed by atoms with Crippen LogP contribution < -0.4 is 5.32 Å². The van der Waals surface area contributed by atoms with E-state index in [4.69, 9.17) is 14.7 Å². The molecular formula is C26H29N5O2. The van der Waals surface area contributed by atoms with E-state index in [1.54, 1.807) is 12.4 Å². The minimum absolute atomic E-state index is 0.0762. The zero-order valence-corrected chi connectivity index (χ0v) is 18.7. The average molecular weight is 444 g/mol. The molecule has 7 heteroatoms. The van der Waals surface area contributed by atoms with Gasteiger partial charge in [0.15, 0.2) is 5.82 Å². The van der Waals surface area contributed by atoms with Crippen LogP contribution in [0, 0.1) is 0 Å². The van der Waals surface area contributed by atoms with Crippen LogP contribution in [0.2, 0.25) is 0 Å². The number of benzene rings is 1. The van der Waals surface area contributed by atoms with Crippen molar-refractivity contribution in [1.29, 1.82) is 0 Å². The standard InChI is InChI=1S/C26H29N5O2/c32-26(23-13-5-7-16-33-23)31-15-6-4-12-22(31)25-29-21(19-9-8-14-27-18-19)17-24(30-25)28-20-10-2-1-3-11-20/h1-3,8-11,14,17-18,22-23H,4-7,12-13,15-16H2,(H,28,29,30). The maximum atomic E-state index is 13.4. The summed E-state index contributed by atoms with van der Waals surface area (Å²) < 4.78 is 5.82. The summed E-state index contributed by atoms with van der Waals surface area (Å²) in [5.41, 5.74) is 2.66. The fourth-order valence-corrected chi connectivity index (χ4v) is 4.59. The fraction of sp³-hybridized carbons (Fsp3) is 0.385. The quantitative estimate of drug-likeness (QED) is 0.604. The van der Waals surface area contributed by atoms with Crippen LogP contribution in [0.15, 0.2) is 60.9 Å². The molecular weight excluding hydrogens is 414 g/mol. The van der Waals surface area contributed by atoms with Gasteiger partial charge in [0.2, 0.25) is 0 Å². The Labute approximate surface area is 194 Å². The molecule has 7 nitrogen and oxygen atoms in total. The molecule has 0 aliphatic carbocycles. The molecule has 2 aromatic heterocycles. The molecule has 2 atom stereocenters. The van der Waals surface area contributed by atoms with Crippen LogP contribution in [0.3, 0.4) is 0 Å². The lowest BCUT2D eigenvalue weighted by Crippen LogP contribution is -2.46. The van der Waals surface area contributed by atoms with Gasteiger partial charge in [-0.25, -0.2) is 9.97 Å². The molecule has 2 unspecified atom stereocenters. The second-order valence-corrected chi connectivity index (χ2v) is 8.63. The van der Waals surface area contributed by atoms with E-state index in [1.165, 1.54) is 0 Å². The zero-order chi connectivity index (χ0) is 22.5. The number of pyridine rings is 1. The molecule has 0 saturated carbocycles. The van der Waals surface area contributed by atoms with Crippen molar-refractivity contribution in [2.75, 3.05) is 18.5 Å². The van der Waals surface area contributed by atoms with Crippen molar-refractivity contribution in [3.63, 3.8) is 0 Å². The first-order valence-electron chi connectivity index (χ1n) is 11.8. The summed E-state index contributed by atoms with van der Waals surface area (Å²) >= 11 is 0. The lowest BCUT2D eigenvalue weighted by Gasteiger charge is -2.37. The number of rotatable bonds is 5. The van der Waals surface area contributed by atoms with Gasteiger partial charge in [-0.1, -0.05) is 18.2 Å². The molecule has 0 spiro atoms. The van der Waals surface area contributed by atoms with E-state index >= 15 is 0 Å². The van der Waals surface area contributed by atoms with Crippen LogP contribution >= 0.6 is 0 Å². The van der Waals surface area contributed by atoms with Crippen molar-refractivity contribution in [2.45, 2.75) is 50.7 Å². The predicted octanol–water partition coefficient (Wildman–Crippen LogP) is 4.90. The number of carbonyl (C=O) groups is 1. The van der Waals surface area contributed by atoms with Crippen molar-refractivity contribution in [1.82, 2.24) is 19.9 Å². The molecule has 170 valence electrons. The van der Waals surface area contributed by atoms with E-state index in [2.05, 4.69) is 10.3 Å². The number of para-hydroxylation sites is 1. The number of likely N-dealkylation sites (tertiary alicyclic amines) is 1. The first-order chi connectivity index (χ1) is 16.3. The summed E-state index contributed by atoms with van der Waals surface area (Å²) in [7, 11) is 0. The van der Waals surface area contributed by atoms with Crippen LogP contribution in [0.25, 0.3) is 11.3 Å². The third-order valence-electron chi connectivity index (χ3n) is 6.29. The van der Waals surface area contributed by atoms with Crippen molar-refractivity contribution >= 4 is 17.4 Å². The molecule has 2 saturated heterocycles. The Balaban J connectivity index is 1.50. The highest BCUT2D eigenvalue weighted by molar-refractivity contribution is 5.81. The van der Waals surface area contributed by atoms with Crippen LogP contribution in [0.1, 0.15) is 50.4 Å². The van der Waals surface area contributed by atoms with Crippen molar-refractivity contribution in [3.05, 3.63) is 66.7 Å². The van der Waals surface area contributed by atoms with Gasteiger partial charge in [0.25, 0.3) is 5.91 Å². The van der Waals surface area contributed by atoms with Gasteiger partial charge in [-0.05, 0) is 62.8 Å². The Morgan fingerprint density at radius 2 is 1.88 bits per heavy atom. The summed E-state index contributed by atoms with van der Waals surface area (Å²) in [4.78, 5) is 29.4. The van der Waals surface area contributed by atoms with E-state index in [-0.39, 0.29) is 18.1 Å². The van der Waals surface area contributed by atoms with Crippen molar-refractivity contribution < 1.29 is 9.53 Å². The summed E-state index contributed by atoms with van der Waals surface area (Å²) in [6, 6.07) is 15.6. The van der Waals surface area contributed by atoms with Crippen LogP contribution in [-0.2, 0) is 9.53 Å². The number of ether oxygens (including phenoxy) is 1. The van der Waals surface area contributed by atoms with E-state index in [0.717, 1.165) is 55.5 Å². The van der Waals surface area contributed by atoms with Gasteiger partial charge in [0.05, 0.1) is 11.7 Å². The highest BCUT2D eigenvalue weighted by Gasteiger charge is 2.35. The molecule has 1 N–H and O–H groups in total. The molecule has 33 heavy (non-hydrogen) atoms. The number of piperidine rings is 1. The fourth-order valence-electron chi connectivity index (χ4n) is 4.59. The monoisotopic (exact) mass is 443 g/mol. The third-order valence-corrected chi connectivity index (χ3v) is 6.29. The van der Waals surface area contributed by atoms with Gasteiger partial charge in [0, 0.05) is 42.9 Å². The van der Waals surface area contributed by atoms with Gasteiger partial charge >= 0.3 is 0 Å². The average Bonchev–Trinajstić information content (AvgIpc) is 2.90. The van der Waals surface area contributed by atoms with Gasteiger partial charge < -0.3 is 15.0 Å². The molecule has 4 heterocycles. The molecule has 1 aromatic carbocycles. The number of amides is 1. The van der Waals surface area contributed by atoms with Crippen LogP contribution in [0.5, 0.6) is 0 Å². The molecule has 2 aliphatic heterocycles. The Kier molecular flexibility index (Phi) is 6.58. The smallest absolute Gasteiger partial charge is 0.252 e. The lowest BCUT2D eigenvalue weighted by atomic mass is 9.98. The van der Waals surface area contributed by atoms with Gasteiger partial charge in [-0.15, -0.1) is 0 Å². The van der Waals surface area contributed by atoms with Gasteiger partial charge in [-0.3, -0.25) is 9.78 Å². The van der Waals surface area contributed by atoms with Crippen molar-refractivity contribution in [2.24, 2.45) is 0 Å². The molecule has 2 aliphatic rings. The first-order valence-corrected chi connectivity index (χ1v) is 11.8. The highest BCUT2D eigenvalue weighted by Crippen LogP contribution is 2.33. The first kappa shape index (κ1) is 21.5. The number of aromatic nitrogens is 3. The summed E-state index contributed by atoms with van der Waals surface area (Å²) in [5, 5.41) is 3.40.